The largest absolute Gasteiger partial charge is 0.497 e. The number of methoxy groups -OCH3 is 2. The molecule has 1 aliphatic carbocycles. The second-order valence-corrected chi connectivity index (χ2v) is 12.1. The van der Waals surface area contributed by atoms with Crippen LogP contribution in [0.5, 0.6) is 17.2 Å². The average Bonchev–Trinajstić information content (AvgIpc) is 3.06. The molecule has 2 fully saturated rings. The van der Waals surface area contributed by atoms with Gasteiger partial charge in [-0.15, -0.1) is 0 Å². The lowest BCUT2D eigenvalue weighted by atomic mass is 9.81. The highest BCUT2D eigenvalue weighted by Crippen LogP contribution is 2.38. The van der Waals surface area contributed by atoms with Crippen LogP contribution in [0, 0.1) is 11.8 Å². The van der Waals surface area contributed by atoms with E-state index < -0.39 is 6.09 Å². The Bertz CT molecular complexity index is 1390. The summed E-state index contributed by atoms with van der Waals surface area (Å²) in [6.45, 7) is 8.39. The van der Waals surface area contributed by atoms with Gasteiger partial charge < -0.3 is 29.2 Å². The summed E-state index contributed by atoms with van der Waals surface area (Å²) in [6.07, 6.45) is 9.01. The third-order valence-corrected chi connectivity index (χ3v) is 8.78. The molecular formula is C35H47N5O5. The molecule has 10 nitrogen and oxygen atoms in total. The zero-order valence-electron chi connectivity index (χ0n) is 27.0. The normalized spacial score (nSPS) is 20.2. The fourth-order valence-electron chi connectivity index (χ4n) is 6.33. The van der Waals surface area contributed by atoms with Gasteiger partial charge in [0.1, 0.15) is 29.2 Å². The van der Waals surface area contributed by atoms with E-state index in [2.05, 4.69) is 29.0 Å². The van der Waals surface area contributed by atoms with Crippen LogP contribution in [0.3, 0.4) is 0 Å². The molecule has 5 rings (SSSR count). The highest BCUT2D eigenvalue weighted by Gasteiger charge is 2.34. The fourth-order valence-corrected chi connectivity index (χ4v) is 6.33. The number of rotatable bonds is 12. The molecule has 2 unspecified atom stereocenters. The first kappa shape index (κ1) is 32.3. The van der Waals surface area contributed by atoms with Gasteiger partial charge in [-0.1, -0.05) is 32.8 Å². The number of nitrogens with one attached hydrogen (secondary N) is 1. The number of anilines is 4. The Morgan fingerprint density at radius 3 is 2.51 bits per heavy atom. The van der Waals surface area contributed by atoms with Crippen molar-refractivity contribution >= 4 is 29.2 Å². The number of aromatic nitrogens is 2. The van der Waals surface area contributed by atoms with Gasteiger partial charge in [-0.3, -0.25) is 0 Å². The highest BCUT2D eigenvalue weighted by atomic mass is 16.6. The summed E-state index contributed by atoms with van der Waals surface area (Å²) in [6, 6.07) is 14.7. The van der Waals surface area contributed by atoms with Crippen molar-refractivity contribution in [3.8, 4) is 17.2 Å². The number of benzene rings is 2. The lowest BCUT2D eigenvalue weighted by Gasteiger charge is -2.35. The van der Waals surface area contributed by atoms with Gasteiger partial charge in [-0.25, -0.2) is 14.7 Å². The minimum atomic E-state index is -0.520. The molecule has 2 aliphatic rings. The molecule has 1 saturated heterocycles. The van der Waals surface area contributed by atoms with Gasteiger partial charge in [0, 0.05) is 36.6 Å². The predicted octanol–water partition coefficient (Wildman–Crippen LogP) is 7.59. The van der Waals surface area contributed by atoms with Crippen LogP contribution in [0.25, 0.3) is 0 Å². The van der Waals surface area contributed by atoms with Crippen molar-refractivity contribution in [1.82, 2.24) is 14.9 Å². The summed E-state index contributed by atoms with van der Waals surface area (Å²) in [5.74, 6) is 3.05. The van der Waals surface area contributed by atoms with Crippen LogP contribution < -0.4 is 24.4 Å². The summed E-state index contributed by atoms with van der Waals surface area (Å²) >= 11 is 0. The number of nitrogens with zero attached hydrogens (tertiary/aromatic N) is 4. The summed E-state index contributed by atoms with van der Waals surface area (Å²) in [5.41, 5.74) is 1.27. The minimum absolute atomic E-state index is 0.194. The molecule has 10 heteroatoms. The van der Waals surface area contributed by atoms with Crippen LogP contribution in [-0.2, 0) is 4.74 Å². The first-order valence-corrected chi connectivity index (χ1v) is 16.2. The van der Waals surface area contributed by atoms with Gasteiger partial charge in [0.05, 0.1) is 26.5 Å². The van der Waals surface area contributed by atoms with Crippen LogP contribution in [0.1, 0.15) is 58.8 Å². The van der Waals surface area contributed by atoms with Crippen molar-refractivity contribution < 1.29 is 23.7 Å². The van der Waals surface area contributed by atoms with Crippen LogP contribution in [0.15, 0.2) is 54.7 Å². The Hall–Kier alpha value is -4.05. The lowest BCUT2D eigenvalue weighted by molar-refractivity contribution is 0.0144. The molecule has 1 aliphatic heterocycles. The van der Waals surface area contributed by atoms with E-state index >= 15 is 0 Å². The molecular weight excluding hydrogens is 570 g/mol. The summed E-state index contributed by atoms with van der Waals surface area (Å²) in [4.78, 5) is 27.1. The van der Waals surface area contributed by atoms with E-state index in [1.54, 1.807) is 44.7 Å². The molecule has 2 atom stereocenters. The Kier molecular flexibility index (Phi) is 11.4. The van der Waals surface area contributed by atoms with Crippen molar-refractivity contribution in [3.63, 3.8) is 0 Å². The maximum Gasteiger partial charge on any atom is 0.420 e. The quantitative estimate of drug-likeness (QED) is 0.206. The van der Waals surface area contributed by atoms with Crippen molar-refractivity contribution in [2.75, 3.05) is 50.7 Å². The summed E-state index contributed by atoms with van der Waals surface area (Å²) in [5, 5.41) is 3.27. The zero-order valence-corrected chi connectivity index (χ0v) is 27.0. The Morgan fingerprint density at radius 1 is 0.956 bits per heavy atom. The Morgan fingerprint density at radius 2 is 1.76 bits per heavy atom. The maximum absolute atomic E-state index is 14.0. The SMILES string of the molecule is COc1ccc(N(C(=O)OC2C(C)CCCC2C)c2ccnc(Nc3cccc(OCCCN4CCCCC4)c3)n2)c(OC)c1. The number of hydrogen-bond acceptors (Lipinski definition) is 9. The van der Waals surface area contributed by atoms with Crippen molar-refractivity contribution in [3.05, 3.63) is 54.7 Å². The molecule has 0 spiro atoms. The molecule has 3 aromatic rings. The van der Waals surface area contributed by atoms with E-state index in [0.717, 1.165) is 43.7 Å². The molecule has 0 bridgehead atoms. The van der Waals surface area contributed by atoms with Gasteiger partial charge in [-0.05, 0) is 81.3 Å². The molecule has 2 aromatic carbocycles. The van der Waals surface area contributed by atoms with E-state index in [0.29, 0.717) is 35.6 Å². The third kappa shape index (κ3) is 8.57. The standard InChI is InChI=1S/C35H47N5O5/c1-25-11-8-12-26(2)33(25)45-35(41)40(30-16-15-28(42-3)24-31(30)43-4)32-17-18-36-34(38-32)37-27-13-9-14-29(23-27)44-22-10-21-39-19-6-5-7-20-39/h9,13-18,23-26,33H,5-8,10-12,19-22H2,1-4H3,(H,36,37,38). The van der Waals surface area contributed by atoms with Gasteiger partial charge in [0.15, 0.2) is 0 Å². The first-order valence-electron chi connectivity index (χ1n) is 16.2. The second kappa shape index (κ2) is 15.8. The molecule has 2 heterocycles. The fraction of sp³-hybridized carbons (Fsp3) is 0.514. The van der Waals surface area contributed by atoms with Crippen molar-refractivity contribution in [1.29, 1.82) is 0 Å². The van der Waals surface area contributed by atoms with Crippen LogP contribution in [0.2, 0.25) is 0 Å². The van der Waals surface area contributed by atoms with E-state index in [9.17, 15) is 4.79 Å². The van der Waals surface area contributed by atoms with E-state index in [1.807, 2.05) is 24.3 Å². The molecule has 1 N–H and O–H groups in total. The monoisotopic (exact) mass is 617 g/mol. The summed E-state index contributed by atoms with van der Waals surface area (Å²) < 4.78 is 23.3. The zero-order chi connectivity index (χ0) is 31.6. The molecule has 1 aromatic heterocycles. The Labute approximate surface area is 267 Å². The number of carbonyl (C=O) groups is 1. The number of likely N-dealkylation sites (tertiary alicyclic amines) is 1. The maximum atomic E-state index is 14.0. The first-order chi connectivity index (χ1) is 21.9. The van der Waals surface area contributed by atoms with Gasteiger partial charge in [0.25, 0.3) is 0 Å². The minimum Gasteiger partial charge on any atom is -0.497 e. The third-order valence-electron chi connectivity index (χ3n) is 8.78. The van der Waals surface area contributed by atoms with Crippen molar-refractivity contribution in [2.24, 2.45) is 11.8 Å². The van der Waals surface area contributed by atoms with Crippen molar-refractivity contribution in [2.45, 2.75) is 64.9 Å². The molecule has 45 heavy (non-hydrogen) atoms. The Balaban J connectivity index is 1.33. The molecule has 1 saturated carbocycles. The van der Waals surface area contributed by atoms with Crippen LogP contribution in [0.4, 0.5) is 27.9 Å². The number of hydrogen-bond donors (Lipinski definition) is 1. The van der Waals surface area contributed by atoms with Crippen LogP contribution >= 0.6 is 0 Å². The second-order valence-electron chi connectivity index (χ2n) is 12.1. The van der Waals surface area contributed by atoms with E-state index in [1.165, 1.54) is 37.3 Å². The lowest BCUT2D eigenvalue weighted by Crippen LogP contribution is -2.39. The smallest absolute Gasteiger partial charge is 0.420 e. The van der Waals surface area contributed by atoms with Gasteiger partial charge in [-0.2, -0.15) is 4.98 Å². The number of amides is 1. The van der Waals surface area contributed by atoms with Crippen LogP contribution in [-0.4, -0.2) is 67.5 Å². The topological polar surface area (TPSA) is 98.3 Å². The number of piperidine rings is 1. The molecule has 242 valence electrons. The molecule has 0 radical (unpaired) electrons. The van der Waals surface area contributed by atoms with Gasteiger partial charge >= 0.3 is 6.09 Å². The highest BCUT2D eigenvalue weighted by molar-refractivity contribution is 5.97. The van der Waals surface area contributed by atoms with E-state index in [-0.39, 0.29) is 17.9 Å². The summed E-state index contributed by atoms with van der Waals surface area (Å²) in [7, 11) is 3.15. The number of ether oxygens (including phenoxy) is 4. The average molecular weight is 618 g/mol. The number of carbonyl (C=O) groups excluding carboxylic acids is 1. The van der Waals surface area contributed by atoms with E-state index in [4.69, 9.17) is 23.9 Å². The molecule has 1 amide bonds. The predicted molar refractivity (Wildman–Crippen MR) is 176 cm³/mol. The van der Waals surface area contributed by atoms with Gasteiger partial charge in [0.2, 0.25) is 5.95 Å².